The molecule has 1 aromatic rings. The fraction of sp³-hybridized carbons (Fsp3) is 0.500. The van der Waals surface area contributed by atoms with Crippen LogP contribution in [0.25, 0.3) is 0 Å². The Morgan fingerprint density at radius 1 is 1.41 bits per heavy atom. The van der Waals surface area contributed by atoms with E-state index >= 15 is 0 Å². The van der Waals surface area contributed by atoms with Crippen LogP contribution < -0.4 is 4.74 Å². The molecule has 94 valence electrons. The molecule has 0 unspecified atom stereocenters. The highest BCUT2D eigenvalue weighted by Crippen LogP contribution is 2.28. The standard InChI is InChI=1S/C12H15ClO3S/c1-9-7-11(16-8-10-3-2-4-10)5-6-12(9)17(13,14)15/h5-7,10H,2-4,8H2,1H3. The van der Waals surface area contributed by atoms with Crippen molar-refractivity contribution in [2.24, 2.45) is 5.92 Å². The Morgan fingerprint density at radius 2 is 2.12 bits per heavy atom. The Balaban J connectivity index is 2.07. The van der Waals surface area contributed by atoms with E-state index in [1.165, 1.54) is 25.3 Å². The molecule has 1 aliphatic rings. The molecule has 1 fully saturated rings. The normalized spacial score (nSPS) is 16.6. The lowest BCUT2D eigenvalue weighted by molar-refractivity contribution is 0.180. The highest BCUT2D eigenvalue weighted by molar-refractivity contribution is 8.13. The summed E-state index contributed by atoms with van der Waals surface area (Å²) in [5.41, 5.74) is 0.617. The van der Waals surface area contributed by atoms with Crippen molar-refractivity contribution in [1.82, 2.24) is 0 Å². The summed E-state index contributed by atoms with van der Waals surface area (Å²) in [6, 6.07) is 4.86. The summed E-state index contributed by atoms with van der Waals surface area (Å²) in [5.74, 6) is 1.37. The van der Waals surface area contributed by atoms with Crippen LogP contribution in [0.15, 0.2) is 23.1 Å². The minimum atomic E-state index is -3.66. The van der Waals surface area contributed by atoms with E-state index in [4.69, 9.17) is 15.4 Å². The molecule has 5 heteroatoms. The van der Waals surface area contributed by atoms with Gasteiger partial charge in [-0.3, -0.25) is 0 Å². The van der Waals surface area contributed by atoms with E-state index in [-0.39, 0.29) is 4.90 Å². The third-order valence-electron chi connectivity index (χ3n) is 3.12. The minimum Gasteiger partial charge on any atom is -0.493 e. The number of benzene rings is 1. The average molecular weight is 275 g/mol. The van der Waals surface area contributed by atoms with Gasteiger partial charge in [0.15, 0.2) is 0 Å². The van der Waals surface area contributed by atoms with Gasteiger partial charge in [-0.05, 0) is 49.4 Å². The summed E-state index contributed by atoms with van der Waals surface area (Å²) in [7, 11) is 1.65. The Bertz CT molecular complexity index is 506. The average Bonchev–Trinajstić information content (AvgIpc) is 2.13. The number of ether oxygens (including phenoxy) is 1. The maximum atomic E-state index is 11.2. The molecule has 1 aliphatic carbocycles. The van der Waals surface area contributed by atoms with Crippen LogP contribution in [0.4, 0.5) is 0 Å². The second kappa shape index (κ2) is 4.86. The first kappa shape index (κ1) is 12.7. The van der Waals surface area contributed by atoms with Crippen molar-refractivity contribution in [1.29, 1.82) is 0 Å². The SMILES string of the molecule is Cc1cc(OCC2CCC2)ccc1S(=O)(=O)Cl. The third kappa shape index (κ3) is 3.13. The second-order valence-corrected chi connectivity index (χ2v) is 7.01. The predicted molar refractivity (Wildman–Crippen MR) is 67.1 cm³/mol. The van der Waals surface area contributed by atoms with Gasteiger partial charge >= 0.3 is 0 Å². The van der Waals surface area contributed by atoms with Gasteiger partial charge in [-0.1, -0.05) is 6.42 Å². The van der Waals surface area contributed by atoms with E-state index in [2.05, 4.69) is 0 Å². The van der Waals surface area contributed by atoms with Gasteiger partial charge in [-0.2, -0.15) is 0 Å². The molecule has 3 nitrogen and oxygen atoms in total. The quantitative estimate of drug-likeness (QED) is 0.793. The van der Waals surface area contributed by atoms with Crippen molar-refractivity contribution >= 4 is 19.7 Å². The van der Waals surface area contributed by atoms with Crippen molar-refractivity contribution < 1.29 is 13.2 Å². The molecule has 0 aromatic heterocycles. The number of hydrogen-bond acceptors (Lipinski definition) is 3. The molecule has 2 rings (SSSR count). The lowest BCUT2D eigenvalue weighted by Crippen LogP contribution is -2.19. The third-order valence-corrected chi connectivity index (χ3v) is 4.60. The molecule has 1 aromatic carbocycles. The van der Waals surface area contributed by atoms with Gasteiger partial charge < -0.3 is 4.74 Å². The largest absolute Gasteiger partial charge is 0.493 e. The van der Waals surface area contributed by atoms with Crippen LogP contribution in [0.1, 0.15) is 24.8 Å². The van der Waals surface area contributed by atoms with Gasteiger partial charge in [0.05, 0.1) is 11.5 Å². The van der Waals surface area contributed by atoms with E-state index in [1.807, 2.05) is 0 Å². The summed E-state index contributed by atoms with van der Waals surface area (Å²) in [6.45, 7) is 2.43. The first-order valence-electron chi connectivity index (χ1n) is 5.65. The Kier molecular flexibility index (Phi) is 3.64. The molecule has 0 N–H and O–H groups in total. The number of aryl methyl sites for hydroxylation is 1. The van der Waals surface area contributed by atoms with Crippen LogP contribution in [-0.2, 0) is 9.05 Å². The van der Waals surface area contributed by atoms with Crippen LogP contribution in [0, 0.1) is 12.8 Å². The predicted octanol–water partition coefficient (Wildman–Crippen LogP) is 3.10. The smallest absolute Gasteiger partial charge is 0.261 e. The lowest BCUT2D eigenvalue weighted by atomic mass is 9.86. The van der Waals surface area contributed by atoms with Gasteiger partial charge in [0.2, 0.25) is 0 Å². The maximum absolute atomic E-state index is 11.2. The fourth-order valence-electron chi connectivity index (χ4n) is 1.86. The zero-order valence-corrected chi connectivity index (χ0v) is 11.2. The second-order valence-electron chi connectivity index (χ2n) is 4.47. The van der Waals surface area contributed by atoms with Crippen LogP contribution in [0.3, 0.4) is 0 Å². The fourth-order valence-corrected chi connectivity index (χ4v) is 3.05. The molecular weight excluding hydrogens is 260 g/mol. The van der Waals surface area contributed by atoms with E-state index in [0.29, 0.717) is 23.8 Å². The van der Waals surface area contributed by atoms with Crippen LogP contribution >= 0.6 is 10.7 Å². The van der Waals surface area contributed by atoms with Crippen molar-refractivity contribution in [3.63, 3.8) is 0 Å². The molecule has 0 bridgehead atoms. The van der Waals surface area contributed by atoms with Gasteiger partial charge in [0.1, 0.15) is 5.75 Å². The van der Waals surface area contributed by atoms with Crippen molar-refractivity contribution in [2.45, 2.75) is 31.1 Å². The molecule has 0 atom stereocenters. The summed E-state index contributed by atoms with van der Waals surface area (Å²) >= 11 is 0. The van der Waals surface area contributed by atoms with Crippen molar-refractivity contribution in [3.05, 3.63) is 23.8 Å². The van der Waals surface area contributed by atoms with E-state index < -0.39 is 9.05 Å². The summed E-state index contributed by atoms with van der Waals surface area (Å²) in [6.07, 6.45) is 3.75. The first-order chi connectivity index (χ1) is 7.97. The first-order valence-corrected chi connectivity index (χ1v) is 7.96. The molecule has 0 aliphatic heterocycles. The van der Waals surface area contributed by atoms with Gasteiger partial charge in [0.25, 0.3) is 9.05 Å². The zero-order valence-electron chi connectivity index (χ0n) is 9.65. The topological polar surface area (TPSA) is 43.4 Å². The monoisotopic (exact) mass is 274 g/mol. The number of rotatable bonds is 4. The van der Waals surface area contributed by atoms with E-state index in [0.717, 1.165) is 0 Å². The highest BCUT2D eigenvalue weighted by Gasteiger charge is 2.18. The maximum Gasteiger partial charge on any atom is 0.261 e. The zero-order chi connectivity index (χ0) is 12.5. The lowest BCUT2D eigenvalue weighted by Gasteiger charge is -2.25. The van der Waals surface area contributed by atoms with E-state index in [1.54, 1.807) is 19.1 Å². The molecular formula is C12H15ClO3S. The molecule has 0 amide bonds. The molecule has 0 radical (unpaired) electrons. The molecule has 0 saturated heterocycles. The van der Waals surface area contributed by atoms with Crippen LogP contribution in [-0.4, -0.2) is 15.0 Å². The van der Waals surface area contributed by atoms with Crippen LogP contribution in [0.5, 0.6) is 5.75 Å². The number of hydrogen-bond donors (Lipinski definition) is 0. The Morgan fingerprint density at radius 3 is 2.59 bits per heavy atom. The summed E-state index contributed by atoms with van der Waals surface area (Å²) in [4.78, 5) is 0.148. The summed E-state index contributed by atoms with van der Waals surface area (Å²) in [5, 5.41) is 0. The molecule has 0 spiro atoms. The number of halogens is 1. The Labute approximate surface area is 106 Å². The summed E-state index contributed by atoms with van der Waals surface area (Å²) < 4.78 is 28.0. The van der Waals surface area contributed by atoms with E-state index in [9.17, 15) is 8.42 Å². The van der Waals surface area contributed by atoms with Gasteiger partial charge in [-0.25, -0.2) is 8.42 Å². The van der Waals surface area contributed by atoms with Gasteiger partial charge in [0, 0.05) is 10.7 Å². The molecule has 0 heterocycles. The van der Waals surface area contributed by atoms with Crippen molar-refractivity contribution in [3.8, 4) is 5.75 Å². The van der Waals surface area contributed by atoms with Crippen molar-refractivity contribution in [2.75, 3.05) is 6.61 Å². The molecule has 1 saturated carbocycles. The van der Waals surface area contributed by atoms with Gasteiger partial charge in [-0.15, -0.1) is 0 Å². The highest BCUT2D eigenvalue weighted by atomic mass is 35.7. The van der Waals surface area contributed by atoms with Crippen LogP contribution in [0.2, 0.25) is 0 Å². The minimum absolute atomic E-state index is 0.148. The Hall–Kier alpha value is -0.740. The molecule has 17 heavy (non-hydrogen) atoms.